The van der Waals surface area contributed by atoms with Crippen LogP contribution in [0.1, 0.15) is 12.2 Å². The number of aryl methyl sites for hydroxylation is 1. The van der Waals surface area contributed by atoms with Crippen LogP contribution in [0.3, 0.4) is 0 Å². The maximum absolute atomic E-state index is 11.1. The Kier molecular flexibility index (Phi) is 4.63. The van der Waals surface area contributed by atoms with E-state index in [1.165, 1.54) is 7.11 Å². The van der Waals surface area contributed by atoms with E-state index in [2.05, 4.69) is 30.6 Å². The van der Waals surface area contributed by atoms with Crippen LogP contribution in [0.4, 0.5) is 0 Å². The van der Waals surface area contributed by atoms with Gasteiger partial charge in [0.1, 0.15) is 5.82 Å². The summed E-state index contributed by atoms with van der Waals surface area (Å²) in [5.41, 5.74) is 1.87. The standard InChI is InChI=1S/C14H13BrN2O2/c1-19-14(18)7-6-13-16-9-8-12(17-13)10-2-4-11(15)5-3-10/h2-5,8-9H,6-7H2,1H3. The smallest absolute Gasteiger partial charge is 0.305 e. The van der Waals surface area contributed by atoms with Crippen LogP contribution in [0.2, 0.25) is 0 Å². The van der Waals surface area contributed by atoms with Gasteiger partial charge in [0.15, 0.2) is 0 Å². The number of benzene rings is 1. The summed E-state index contributed by atoms with van der Waals surface area (Å²) in [5.74, 6) is 0.392. The van der Waals surface area contributed by atoms with Gasteiger partial charge in [-0.15, -0.1) is 0 Å². The van der Waals surface area contributed by atoms with Crippen molar-refractivity contribution < 1.29 is 9.53 Å². The molecule has 0 spiro atoms. The molecule has 98 valence electrons. The molecule has 0 saturated carbocycles. The van der Waals surface area contributed by atoms with Gasteiger partial charge in [-0.2, -0.15) is 0 Å². The Morgan fingerprint density at radius 2 is 2.00 bits per heavy atom. The molecule has 1 heterocycles. The lowest BCUT2D eigenvalue weighted by molar-refractivity contribution is -0.140. The molecule has 0 aliphatic rings. The number of ether oxygens (including phenoxy) is 1. The van der Waals surface area contributed by atoms with Crippen molar-refractivity contribution in [2.75, 3.05) is 7.11 Å². The number of methoxy groups -OCH3 is 1. The summed E-state index contributed by atoms with van der Waals surface area (Å²) in [6, 6.07) is 9.75. The minimum absolute atomic E-state index is 0.252. The molecule has 2 aromatic rings. The molecule has 0 saturated heterocycles. The van der Waals surface area contributed by atoms with Crippen LogP contribution in [0.15, 0.2) is 41.0 Å². The van der Waals surface area contributed by atoms with E-state index in [4.69, 9.17) is 0 Å². The fourth-order valence-electron chi connectivity index (χ4n) is 1.62. The number of carbonyl (C=O) groups excluding carboxylic acids is 1. The summed E-state index contributed by atoms with van der Waals surface area (Å²) in [4.78, 5) is 19.7. The van der Waals surface area contributed by atoms with Gasteiger partial charge in [0.05, 0.1) is 19.2 Å². The third-order valence-electron chi connectivity index (χ3n) is 2.63. The molecule has 19 heavy (non-hydrogen) atoms. The molecule has 0 radical (unpaired) electrons. The largest absolute Gasteiger partial charge is 0.469 e. The van der Waals surface area contributed by atoms with Gasteiger partial charge in [-0.25, -0.2) is 9.97 Å². The summed E-state index contributed by atoms with van der Waals surface area (Å²) in [6.45, 7) is 0. The summed E-state index contributed by atoms with van der Waals surface area (Å²) < 4.78 is 5.62. The van der Waals surface area contributed by atoms with Gasteiger partial charge in [-0.3, -0.25) is 4.79 Å². The average molecular weight is 321 g/mol. The van der Waals surface area contributed by atoms with Crippen LogP contribution in [-0.2, 0) is 16.0 Å². The van der Waals surface area contributed by atoms with Crippen molar-refractivity contribution >= 4 is 21.9 Å². The van der Waals surface area contributed by atoms with Gasteiger partial charge in [-0.05, 0) is 18.2 Å². The van der Waals surface area contributed by atoms with Crippen molar-refractivity contribution in [2.45, 2.75) is 12.8 Å². The van der Waals surface area contributed by atoms with Gasteiger partial charge in [-0.1, -0.05) is 28.1 Å². The number of aromatic nitrogens is 2. The second kappa shape index (κ2) is 6.43. The molecule has 1 aromatic heterocycles. The van der Waals surface area contributed by atoms with E-state index in [0.717, 1.165) is 15.7 Å². The highest BCUT2D eigenvalue weighted by atomic mass is 79.9. The summed E-state index contributed by atoms with van der Waals surface area (Å²) in [7, 11) is 1.38. The lowest BCUT2D eigenvalue weighted by Crippen LogP contribution is -2.04. The molecule has 0 unspecified atom stereocenters. The fraction of sp³-hybridized carbons (Fsp3) is 0.214. The van der Waals surface area contributed by atoms with Crippen LogP contribution in [-0.4, -0.2) is 23.0 Å². The van der Waals surface area contributed by atoms with Crippen molar-refractivity contribution in [1.29, 1.82) is 0 Å². The zero-order chi connectivity index (χ0) is 13.7. The van der Waals surface area contributed by atoms with E-state index in [9.17, 15) is 4.79 Å². The first-order valence-corrected chi connectivity index (χ1v) is 6.63. The number of halogens is 1. The number of esters is 1. The van der Waals surface area contributed by atoms with Gasteiger partial charge in [0, 0.05) is 22.7 Å². The summed E-state index contributed by atoms with van der Waals surface area (Å²) >= 11 is 3.40. The first-order valence-electron chi connectivity index (χ1n) is 5.83. The van der Waals surface area contributed by atoms with E-state index in [1.54, 1.807) is 6.20 Å². The maximum atomic E-state index is 11.1. The summed E-state index contributed by atoms with van der Waals surface area (Å²) in [5, 5.41) is 0. The molecule has 2 rings (SSSR count). The molecular formula is C14H13BrN2O2. The zero-order valence-electron chi connectivity index (χ0n) is 10.5. The SMILES string of the molecule is COC(=O)CCc1nccc(-c2ccc(Br)cc2)n1. The minimum atomic E-state index is -0.252. The third-order valence-corrected chi connectivity index (χ3v) is 3.15. The lowest BCUT2D eigenvalue weighted by atomic mass is 10.1. The van der Waals surface area contributed by atoms with Crippen molar-refractivity contribution in [2.24, 2.45) is 0 Å². The maximum Gasteiger partial charge on any atom is 0.305 e. The fourth-order valence-corrected chi connectivity index (χ4v) is 1.88. The molecule has 5 heteroatoms. The molecule has 0 aliphatic heterocycles. The molecule has 0 atom stereocenters. The van der Waals surface area contributed by atoms with E-state index >= 15 is 0 Å². The monoisotopic (exact) mass is 320 g/mol. The molecule has 0 fully saturated rings. The van der Waals surface area contributed by atoms with Gasteiger partial charge >= 0.3 is 5.97 Å². The highest BCUT2D eigenvalue weighted by Crippen LogP contribution is 2.19. The van der Waals surface area contributed by atoms with Crippen LogP contribution in [0, 0.1) is 0 Å². The van der Waals surface area contributed by atoms with Crippen molar-refractivity contribution in [3.63, 3.8) is 0 Å². The van der Waals surface area contributed by atoms with E-state index in [0.29, 0.717) is 18.7 Å². The van der Waals surface area contributed by atoms with E-state index in [-0.39, 0.29) is 5.97 Å². The van der Waals surface area contributed by atoms with Crippen molar-refractivity contribution in [3.05, 3.63) is 46.8 Å². The van der Waals surface area contributed by atoms with Crippen LogP contribution in [0.5, 0.6) is 0 Å². The Morgan fingerprint density at radius 1 is 1.26 bits per heavy atom. The third kappa shape index (κ3) is 3.86. The van der Waals surface area contributed by atoms with E-state index < -0.39 is 0 Å². The molecular weight excluding hydrogens is 308 g/mol. The molecule has 0 amide bonds. The Labute approximate surface area is 120 Å². The first-order chi connectivity index (χ1) is 9.19. The topological polar surface area (TPSA) is 52.1 Å². The normalized spacial score (nSPS) is 10.2. The molecule has 0 aliphatic carbocycles. The predicted octanol–water partition coefficient (Wildman–Crippen LogP) is 3.01. The highest BCUT2D eigenvalue weighted by Gasteiger charge is 2.05. The average Bonchev–Trinajstić information content (AvgIpc) is 2.46. The second-order valence-corrected chi connectivity index (χ2v) is 4.86. The van der Waals surface area contributed by atoms with Crippen LogP contribution in [0.25, 0.3) is 11.3 Å². The number of carbonyl (C=O) groups is 1. The second-order valence-electron chi connectivity index (χ2n) is 3.94. The molecule has 1 aromatic carbocycles. The van der Waals surface area contributed by atoms with Crippen LogP contribution < -0.4 is 0 Å². The Bertz CT molecular complexity index is 570. The van der Waals surface area contributed by atoms with Crippen LogP contribution >= 0.6 is 15.9 Å². The molecule has 0 N–H and O–H groups in total. The molecule has 4 nitrogen and oxygen atoms in total. The summed E-state index contributed by atoms with van der Waals surface area (Å²) in [6.07, 6.45) is 2.48. The van der Waals surface area contributed by atoms with Gasteiger partial charge < -0.3 is 4.74 Å². The van der Waals surface area contributed by atoms with Gasteiger partial charge in [0.25, 0.3) is 0 Å². The first kappa shape index (κ1) is 13.7. The molecule has 0 bridgehead atoms. The predicted molar refractivity (Wildman–Crippen MR) is 75.5 cm³/mol. The Balaban J connectivity index is 2.15. The quantitative estimate of drug-likeness (QED) is 0.812. The Morgan fingerprint density at radius 3 is 2.68 bits per heavy atom. The minimum Gasteiger partial charge on any atom is -0.469 e. The van der Waals surface area contributed by atoms with Crippen molar-refractivity contribution in [3.8, 4) is 11.3 Å². The van der Waals surface area contributed by atoms with E-state index in [1.807, 2.05) is 30.3 Å². The van der Waals surface area contributed by atoms with Gasteiger partial charge in [0.2, 0.25) is 0 Å². The number of hydrogen-bond donors (Lipinski definition) is 0. The number of rotatable bonds is 4. The zero-order valence-corrected chi connectivity index (χ0v) is 12.1. The highest BCUT2D eigenvalue weighted by molar-refractivity contribution is 9.10. The Hall–Kier alpha value is -1.75. The van der Waals surface area contributed by atoms with Crippen molar-refractivity contribution in [1.82, 2.24) is 9.97 Å². The number of nitrogens with zero attached hydrogens (tertiary/aromatic N) is 2. The lowest BCUT2D eigenvalue weighted by Gasteiger charge is -2.04. The number of hydrogen-bond acceptors (Lipinski definition) is 4.